The Morgan fingerprint density at radius 3 is 2.38 bits per heavy atom. The first-order chi connectivity index (χ1) is 9.88. The number of carbonyl (C=O) groups is 1. The largest absolute Gasteiger partial charge is 0.397 e. The monoisotopic (exact) mass is 302 g/mol. The van der Waals surface area contributed by atoms with Gasteiger partial charge >= 0.3 is 0 Å². The van der Waals surface area contributed by atoms with Crippen LogP contribution >= 0.6 is 11.6 Å². The molecule has 3 N–H and O–H groups in total. The van der Waals surface area contributed by atoms with Crippen molar-refractivity contribution in [3.8, 4) is 0 Å². The number of nitrogens with two attached hydrogens (primary N) is 1. The Labute approximate surface area is 130 Å². The van der Waals surface area contributed by atoms with E-state index in [1.807, 2.05) is 31.2 Å². The first-order valence-electron chi connectivity index (χ1n) is 6.85. The van der Waals surface area contributed by atoms with Gasteiger partial charge in [-0.25, -0.2) is 0 Å². The molecule has 2 rings (SSSR count). The molecule has 0 bridgehead atoms. The lowest BCUT2D eigenvalue weighted by Gasteiger charge is -2.11. The number of rotatable bonds is 3. The fourth-order valence-corrected chi connectivity index (χ4v) is 2.19. The number of aryl methyl sites for hydroxylation is 1. The molecule has 0 spiro atoms. The maximum atomic E-state index is 12.2. The van der Waals surface area contributed by atoms with E-state index in [9.17, 15) is 4.79 Å². The Morgan fingerprint density at radius 1 is 1.19 bits per heavy atom. The lowest BCUT2D eigenvalue weighted by Crippen LogP contribution is -2.13. The maximum Gasteiger partial charge on any atom is 0.255 e. The number of carbonyl (C=O) groups excluding carboxylic acids is 1. The van der Waals surface area contributed by atoms with Gasteiger partial charge in [-0.05, 0) is 48.2 Å². The molecule has 0 atom stereocenters. The van der Waals surface area contributed by atoms with Gasteiger partial charge in [0.2, 0.25) is 0 Å². The van der Waals surface area contributed by atoms with Crippen molar-refractivity contribution in [2.24, 2.45) is 0 Å². The van der Waals surface area contributed by atoms with Crippen LogP contribution in [0, 0.1) is 6.92 Å². The summed E-state index contributed by atoms with van der Waals surface area (Å²) in [5.74, 6) is 0.241. The summed E-state index contributed by atoms with van der Waals surface area (Å²) < 4.78 is 0. The van der Waals surface area contributed by atoms with E-state index < -0.39 is 0 Å². The first kappa shape index (κ1) is 15.4. The number of hydrogen-bond acceptors (Lipinski definition) is 2. The molecule has 0 fully saturated rings. The zero-order chi connectivity index (χ0) is 15.6. The third-order valence-corrected chi connectivity index (χ3v) is 3.83. The molecule has 4 heteroatoms. The molecule has 0 aliphatic heterocycles. The van der Waals surface area contributed by atoms with Crippen LogP contribution in [0.5, 0.6) is 0 Å². The van der Waals surface area contributed by atoms with Gasteiger partial charge in [-0.3, -0.25) is 4.79 Å². The molecule has 0 aromatic heterocycles. The number of amides is 1. The second-order valence-corrected chi connectivity index (χ2v) is 5.83. The molecule has 0 saturated carbocycles. The van der Waals surface area contributed by atoms with E-state index in [1.165, 1.54) is 5.56 Å². The summed E-state index contributed by atoms with van der Waals surface area (Å²) in [6.07, 6.45) is 0. The summed E-state index contributed by atoms with van der Waals surface area (Å²) in [4.78, 5) is 12.2. The molecular weight excluding hydrogens is 284 g/mol. The molecule has 1 amide bonds. The summed E-state index contributed by atoms with van der Waals surface area (Å²) in [5.41, 5.74) is 9.62. The highest BCUT2D eigenvalue weighted by molar-refractivity contribution is 6.32. The molecule has 110 valence electrons. The van der Waals surface area contributed by atoms with E-state index in [1.54, 1.807) is 12.1 Å². The van der Waals surface area contributed by atoms with Crippen molar-refractivity contribution in [2.75, 3.05) is 11.1 Å². The molecule has 0 radical (unpaired) electrons. The zero-order valence-corrected chi connectivity index (χ0v) is 13.2. The second-order valence-electron chi connectivity index (χ2n) is 5.42. The Balaban J connectivity index is 2.20. The number of anilines is 2. The molecule has 3 nitrogen and oxygen atoms in total. The standard InChI is InChI=1S/C17H19ClN2O/c1-10(2)12-4-6-13(7-5-12)17(21)20-16-9-14(18)11(3)8-15(16)19/h4-10H,19H2,1-3H3,(H,20,21). The lowest BCUT2D eigenvalue weighted by molar-refractivity contribution is 0.102. The van der Waals surface area contributed by atoms with Gasteiger partial charge < -0.3 is 11.1 Å². The van der Waals surface area contributed by atoms with Crippen LogP contribution in [0.3, 0.4) is 0 Å². The van der Waals surface area contributed by atoms with Gasteiger partial charge in [-0.15, -0.1) is 0 Å². The zero-order valence-electron chi connectivity index (χ0n) is 12.4. The molecule has 2 aromatic carbocycles. The van der Waals surface area contributed by atoms with E-state index in [2.05, 4.69) is 19.2 Å². The van der Waals surface area contributed by atoms with E-state index in [4.69, 9.17) is 17.3 Å². The van der Waals surface area contributed by atoms with Gasteiger partial charge in [-0.1, -0.05) is 37.6 Å². The fourth-order valence-electron chi connectivity index (χ4n) is 2.03. The highest BCUT2D eigenvalue weighted by atomic mass is 35.5. The number of nitrogen functional groups attached to an aromatic ring is 1. The van der Waals surface area contributed by atoms with Crippen LogP contribution in [-0.2, 0) is 0 Å². The molecule has 0 heterocycles. The van der Waals surface area contributed by atoms with Crippen molar-refractivity contribution in [2.45, 2.75) is 26.7 Å². The Bertz CT molecular complexity index is 663. The lowest BCUT2D eigenvalue weighted by atomic mass is 10.0. The SMILES string of the molecule is Cc1cc(N)c(NC(=O)c2ccc(C(C)C)cc2)cc1Cl. The van der Waals surface area contributed by atoms with Crippen LogP contribution in [0.1, 0.15) is 41.3 Å². The summed E-state index contributed by atoms with van der Waals surface area (Å²) in [5, 5.41) is 3.37. The molecule has 0 aliphatic rings. The summed E-state index contributed by atoms with van der Waals surface area (Å²) in [6, 6.07) is 11.0. The van der Waals surface area contributed by atoms with Crippen LogP contribution in [0.25, 0.3) is 0 Å². The number of halogens is 1. The Morgan fingerprint density at radius 2 is 1.81 bits per heavy atom. The highest BCUT2D eigenvalue weighted by Crippen LogP contribution is 2.27. The van der Waals surface area contributed by atoms with E-state index >= 15 is 0 Å². The molecule has 2 aromatic rings. The minimum absolute atomic E-state index is 0.197. The number of hydrogen-bond donors (Lipinski definition) is 2. The topological polar surface area (TPSA) is 55.1 Å². The number of nitrogens with one attached hydrogen (secondary N) is 1. The molecule has 0 saturated heterocycles. The predicted molar refractivity (Wildman–Crippen MR) is 89.1 cm³/mol. The third-order valence-electron chi connectivity index (χ3n) is 3.42. The summed E-state index contributed by atoms with van der Waals surface area (Å²) >= 11 is 6.06. The van der Waals surface area contributed by atoms with Gasteiger partial charge in [0, 0.05) is 10.6 Å². The quantitative estimate of drug-likeness (QED) is 0.814. The van der Waals surface area contributed by atoms with Crippen molar-refractivity contribution >= 4 is 28.9 Å². The van der Waals surface area contributed by atoms with Gasteiger partial charge in [-0.2, -0.15) is 0 Å². The van der Waals surface area contributed by atoms with Gasteiger partial charge in [0.25, 0.3) is 5.91 Å². The van der Waals surface area contributed by atoms with Crippen LogP contribution in [0.2, 0.25) is 5.02 Å². The van der Waals surface area contributed by atoms with Crippen molar-refractivity contribution < 1.29 is 4.79 Å². The predicted octanol–water partition coefficient (Wildman–Crippen LogP) is 4.61. The summed E-state index contributed by atoms with van der Waals surface area (Å²) in [6.45, 7) is 6.10. The first-order valence-corrected chi connectivity index (χ1v) is 7.23. The normalized spacial score (nSPS) is 10.7. The van der Waals surface area contributed by atoms with Gasteiger partial charge in [0.15, 0.2) is 0 Å². The fraction of sp³-hybridized carbons (Fsp3) is 0.235. The Hall–Kier alpha value is -2.00. The van der Waals surface area contributed by atoms with E-state index in [0.29, 0.717) is 27.9 Å². The van der Waals surface area contributed by atoms with Crippen LogP contribution in [0.15, 0.2) is 36.4 Å². The maximum absolute atomic E-state index is 12.2. The van der Waals surface area contributed by atoms with Crippen molar-refractivity contribution in [3.63, 3.8) is 0 Å². The molecule has 21 heavy (non-hydrogen) atoms. The molecule has 0 unspecified atom stereocenters. The third kappa shape index (κ3) is 3.56. The minimum Gasteiger partial charge on any atom is -0.397 e. The van der Waals surface area contributed by atoms with Gasteiger partial charge in [0.1, 0.15) is 0 Å². The van der Waals surface area contributed by atoms with Crippen molar-refractivity contribution in [1.29, 1.82) is 0 Å². The molecule has 0 aliphatic carbocycles. The van der Waals surface area contributed by atoms with Crippen LogP contribution < -0.4 is 11.1 Å². The van der Waals surface area contributed by atoms with E-state index in [-0.39, 0.29) is 5.91 Å². The molecular formula is C17H19ClN2O. The van der Waals surface area contributed by atoms with E-state index in [0.717, 1.165) is 5.56 Å². The van der Waals surface area contributed by atoms with Crippen LogP contribution in [0.4, 0.5) is 11.4 Å². The smallest absolute Gasteiger partial charge is 0.255 e. The highest BCUT2D eigenvalue weighted by Gasteiger charge is 2.10. The van der Waals surface area contributed by atoms with Crippen molar-refractivity contribution in [1.82, 2.24) is 0 Å². The average molecular weight is 303 g/mol. The van der Waals surface area contributed by atoms with Crippen molar-refractivity contribution in [3.05, 3.63) is 58.1 Å². The second kappa shape index (κ2) is 6.19. The number of benzene rings is 2. The van der Waals surface area contributed by atoms with Gasteiger partial charge in [0.05, 0.1) is 11.4 Å². The summed E-state index contributed by atoms with van der Waals surface area (Å²) in [7, 11) is 0. The average Bonchev–Trinajstić information content (AvgIpc) is 2.44. The minimum atomic E-state index is -0.197. The Kier molecular flexibility index (Phi) is 4.53. The van der Waals surface area contributed by atoms with Crippen LogP contribution in [-0.4, -0.2) is 5.91 Å².